The minimum atomic E-state index is -3.79. The Morgan fingerprint density at radius 2 is 1.21 bits per heavy atom. The number of benzene rings is 2. The number of esters is 2. The molecule has 0 aliphatic rings. The molecule has 0 amide bonds. The number of thiophene rings is 2. The summed E-state index contributed by atoms with van der Waals surface area (Å²) in [7, 11) is -7.54. The minimum Gasteiger partial charge on any atom is -0.465 e. The van der Waals surface area contributed by atoms with Gasteiger partial charge in [0.2, 0.25) is 5.76 Å². The molecule has 11 nitrogen and oxygen atoms in total. The summed E-state index contributed by atoms with van der Waals surface area (Å²) in [5, 5.41) is 4.34. The van der Waals surface area contributed by atoms with Crippen molar-refractivity contribution in [2.45, 2.75) is 50.3 Å². The van der Waals surface area contributed by atoms with E-state index in [4.69, 9.17) is 37.1 Å². The molecular weight excluding hydrogens is 792 g/mol. The van der Waals surface area contributed by atoms with Crippen LogP contribution in [0.2, 0.25) is 10.0 Å². The maximum atomic E-state index is 12.7. The van der Waals surface area contributed by atoms with Crippen LogP contribution in [0.3, 0.4) is 0 Å². The number of halogens is 2. The molecule has 0 radical (unpaired) electrons. The second kappa shape index (κ2) is 18.3. The molecule has 2 N–H and O–H groups in total. The summed E-state index contributed by atoms with van der Waals surface area (Å²) in [4.78, 5) is 25.1. The van der Waals surface area contributed by atoms with Crippen LogP contribution in [-0.4, -0.2) is 42.0 Å². The van der Waals surface area contributed by atoms with Gasteiger partial charge in [0.15, 0.2) is 0 Å². The topological polar surface area (TPSA) is 158 Å². The Morgan fingerprint density at radius 3 is 1.65 bits per heavy atom. The number of nitrogens with one attached hydrogen (secondary N) is 2. The zero-order valence-corrected chi connectivity index (χ0v) is 33.3. The Morgan fingerprint density at radius 1 is 0.731 bits per heavy atom. The van der Waals surface area contributed by atoms with Gasteiger partial charge in [0, 0.05) is 32.6 Å². The first-order valence-electron chi connectivity index (χ1n) is 15.7. The van der Waals surface area contributed by atoms with Gasteiger partial charge in [-0.1, -0.05) is 49.2 Å². The van der Waals surface area contributed by atoms with E-state index in [9.17, 15) is 26.4 Å². The second-order valence-corrected chi connectivity index (χ2v) is 17.5. The van der Waals surface area contributed by atoms with E-state index in [0.717, 1.165) is 9.75 Å². The SMILES string of the molecule is Cc1c(Cl)cccc1S(=O)(=O)Nc1ccsc1CCOC(=O)C(C)C.Cc1c(Cl)cccc1S(=O)(=O)Nc1ccsc1CCOC(=O)c1ccco1. The molecule has 0 unspecified atom stereocenters. The molecular formula is C35H36Cl2N2O9S4. The van der Waals surface area contributed by atoms with Crippen LogP contribution in [0.25, 0.3) is 0 Å². The zero-order valence-electron chi connectivity index (χ0n) is 28.5. The van der Waals surface area contributed by atoms with E-state index in [-0.39, 0.29) is 40.7 Å². The molecule has 0 atom stereocenters. The van der Waals surface area contributed by atoms with E-state index in [1.807, 2.05) is 0 Å². The molecule has 3 aromatic heterocycles. The maximum Gasteiger partial charge on any atom is 0.374 e. The Balaban J connectivity index is 0.000000234. The molecule has 0 saturated heterocycles. The summed E-state index contributed by atoms with van der Waals surface area (Å²) in [6.07, 6.45) is 2.21. The summed E-state index contributed by atoms with van der Waals surface area (Å²) in [5.74, 6) is -0.896. The normalized spacial score (nSPS) is 11.4. The predicted octanol–water partition coefficient (Wildman–Crippen LogP) is 8.76. The lowest BCUT2D eigenvalue weighted by Gasteiger charge is -2.12. The number of hydrogen-bond donors (Lipinski definition) is 2. The monoisotopic (exact) mass is 826 g/mol. The summed E-state index contributed by atoms with van der Waals surface area (Å²) < 4.78 is 71.1. The Hall–Kier alpha value is -3.86. The highest BCUT2D eigenvalue weighted by atomic mass is 35.5. The fourth-order valence-corrected chi connectivity index (χ4v) is 9.47. The smallest absolute Gasteiger partial charge is 0.374 e. The first-order chi connectivity index (χ1) is 24.6. The van der Waals surface area contributed by atoms with E-state index in [1.54, 1.807) is 80.9 Å². The van der Waals surface area contributed by atoms with Gasteiger partial charge in [-0.05, 0) is 84.3 Å². The fourth-order valence-electron chi connectivity index (χ4n) is 4.52. The third-order valence-corrected chi connectivity index (χ3v) is 13.1. The van der Waals surface area contributed by atoms with Crippen molar-refractivity contribution >= 4 is 89.2 Å². The molecule has 0 fully saturated rings. The van der Waals surface area contributed by atoms with Crippen molar-refractivity contribution in [2.24, 2.45) is 5.92 Å². The Labute approximate surface area is 321 Å². The summed E-state index contributed by atoms with van der Waals surface area (Å²) >= 11 is 14.8. The molecule has 3 heterocycles. The highest BCUT2D eigenvalue weighted by molar-refractivity contribution is 7.93. The van der Waals surface area contributed by atoms with Crippen LogP contribution >= 0.6 is 45.9 Å². The van der Waals surface area contributed by atoms with Gasteiger partial charge in [-0.25, -0.2) is 21.6 Å². The Kier molecular flexibility index (Phi) is 14.4. The van der Waals surface area contributed by atoms with E-state index in [1.165, 1.54) is 47.1 Å². The van der Waals surface area contributed by atoms with Gasteiger partial charge in [0.1, 0.15) is 0 Å². The molecule has 278 valence electrons. The molecule has 0 bridgehead atoms. The van der Waals surface area contributed by atoms with Crippen LogP contribution in [-0.2, 0) is 47.2 Å². The fraction of sp³-hybridized carbons (Fsp3) is 0.257. The number of sulfonamides is 2. The van der Waals surface area contributed by atoms with Gasteiger partial charge in [0.25, 0.3) is 20.0 Å². The van der Waals surface area contributed by atoms with Crippen molar-refractivity contribution in [1.29, 1.82) is 0 Å². The maximum absolute atomic E-state index is 12.7. The van der Waals surface area contributed by atoms with Crippen molar-refractivity contribution in [1.82, 2.24) is 0 Å². The standard InChI is InChI=1S/C18H16ClNO5S2.C17H20ClNO4S2/c1-12-13(19)4-2-6-17(12)27(22,23)20-14-8-11-26-16(14)7-10-25-18(21)15-5-3-9-24-15;1-11(2)17(20)23-9-7-15-14(8-10-24-15)19-25(21,22)16-6-4-5-13(18)12(16)3/h2-6,8-9,11,20H,7,10H2,1H3;4-6,8,10-11,19H,7,9H2,1-3H3. The summed E-state index contributed by atoms with van der Waals surface area (Å²) in [5.41, 5.74) is 1.92. The van der Waals surface area contributed by atoms with Gasteiger partial charge in [-0.15, -0.1) is 22.7 Å². The molecule has 52 heavy (non-hydrogen) atoms. The lowest BCUT2D eigenvalue weighted by molar-refractivity contribution is -0.147. The van der Waals surface area contributed by atoms with Gasteiger partial charge in [-0.3, -0.25) is 14.2 Å². The van der Waals surface area contributed by atoms with Crippen LogP contribution in [0.15, 0.2) is 91.9 Å². The van der Waals surface area contributed by atoms with Crippen molar-refractivity contribution in [3.8, 4) is 0 Å². The minimum absolute atomic E-state index is 0.102. The second-order valence-electron chi connectivity index (χ2n) is 11.4. The van der Waals surface area contributed by atoms with Crippen LogP contribution in [0.5, 0.6) is 0 Å². The molecule has 5 rings (SSSR count). The predicted molar refractivity (Wildman–Crippen MR) is 205 cm³/mol. The van der Waals surface area contributed by atoms with Crippen molar-refractivity contribution in [3.05, 3.63) is 114 Å². The lowest BCUT2D eigenvalue weighted by atomic mass is 10.2. The number of carbonyl (C=O) groups excluding carboxylic acids is 2. The molecule has 2 aromatic carbocycles. The van der Waals surface area contributed by atoms with E-state index >= 15 is 0 Å². The van der Waals surface area contributed by atoms with Gasteiger partial charge in [-0.2, -0.15) is 0 Å². The van der Waals surface area contributed by atoms with Crippen LogP contribution < -0.4 is 9.44 Å². The van der Waals surface area contributed by atoms with Gasteiger partial charge < -0.3 is 13.9 Å². The van der Waals surface area contributed by atoms with Crippen LogP contribution in [0.4, 0.5) is 11.4 Å². The molecule has 0 aliphatic carbocycles. The van der Waals surface area contributed by atoms with Gasteiger partial charge >= 0.3 is 11.9 Å². The highest BCUT2D eigenvalue weighted by Crippen LogP contribution is 2.30. The number of hydrogen-bond acceptors (Lipinski definition) is 11. The largest absolute Gasteiger partial charge is 0.465 e. The number of anilines is 2. The lowest BCUT2D eigenvalue weighted by Crippen LogP contribution is -2.16. The molecule has 0 spiro atoms. The highest BCUT2D eigenvalue weighted by Gasteiger charge is 2.22. The van der Waals surface area contributed by atoms with E-state index in [0.29, 0.717) is 45.4 Å². The van der Waals surface area contributed by atoms with Crippen molar-refractivity contribution < 1.29 is 40.3 Å². The number of rotatable bonds is 14. The Bertz CT molecular complexity index is 2210. The quantitative estimate of drug-likeness (QED) is 0.104. The number of carbonyl (C=O) groups is 2. The molecule has 5 aromatic rings. The average molecular weight is 828 g/mol. The van der Waals surface area contributed by atoms with Crippen molar-refractivity contribution in [2.75, 3.05) is 22.7 Å². The van der Waals surface area contributed by atoms with Crippen LogP contribution in [0.1, 0.15) is 45.3 Å². The number of furan rings is 1. The zero-order chi connectivity index (χ0) is 38.1. The first-order valence-corrected chi connectivity index (χ1v) is 21.1. The van der Waals surface area contributed by atoms with Crippen molar-refractivity contribution in [3.63, 3.8) is 0 Å². The van der Waals surface area contributed by atoms with Gasteiger partial charge in [0.05, 0.1) is 46.6 Å². The average Bonchev–Trinajstić information content (AvgIpc) is 3.87. The number of ether oxygens (including phenoxy) is 2. The van der Waals surface area contributed by atoms with E-state index in [2.05, 4.69) is 9.44 Å². The molecule has 0 aliphatic heterocycles. The van der Waals surface area contributed by atoms with Crippen LogP contribution in [0, 0.1) is 19.8 Å². The third-order valence-electron chi connectivity index (χ3n) is 7.32. The molecule has 17 heteroatoms. The first kappa shape index (κ1) is 40.9. The van der Waals surface area contributed by atoms with E-state index < -0.39 is 26.0 Å². The summed E-state index contributed by atoms with van der Waals surface area (Å²) in [6.45, 7) is 7.16. The molecule has 0 saturated carbocycles. The summed E-state index contributed by atoms with van der Waals surface area (Å²) in [6, 6.07) is 16.0. The third kappa shape index (κ3) is 10.8.